The fourth-order valence-electron chi connectivity index (χ4n) is 2.16. The molecule has 1 atom stereocenters. The lowest BCUT2D eigenvalue weighted by Crippen LogP contribution is -2.35. The molecule has 1 amide bonds. The summed E-state index contributed by atoms with van der Waals surface area (Å²) in [4.78, 5) is 32.2. The maximum absolute atomic E-state index is 11.6. The quantitative estimate of drug-likeness (QED) is 0.598. The average Bonchev–Trinajstić information content (AvgIpc) is 2.44. The fraction of sp³-hybridized carbons (Fsp3) is 0.824. The molecule has 1 fully saturated rings. The largest absolute Gasteiger partial charge is 0.481 e. The molecule has 0 aromatic heterocycles. The lowest BCUT2D eigenvalue weighted by molar-refractivity contribution is -0.174. The first-order chi connectivity index (χ1) is 11.0. The van der Waals surface area contributed by atoms with Gasteiger partial charge in [0.2, 0.25) is 6.29 Å². The summed E-state index contributed by atoms with van der Waals surface area (Å²) < 4.78 is 10.1. The third-order valence-electron chi connectivity index (χ3n) is 3.42. The summed E-state index contributed by atoms with van der Waals surface area (Å²) in [7, 11) is 0. The van der Waals surface area contributed by atoms with Crippen LogP contribution >= 0.6 is 0 Å². The Kier molecular flexibility index (Phi) is 10.1. The zero-order chi connectivity index (χ0) is 18.8. The van der Waals surface area contributed by atoms with Crippen molar-refractivity contribution < 1.29 is 29.0 Å². The van der Waals surface area contributed by atoms with Crippen LogP contribution in [-0.4, -0.2) is 36.0 Å². The van der Waals surface area contributed by atoms with E-state index in [0.717, 1.165) is 19.8 Å². The Morgan fingerprint density at radius 2 is 1.62 bits per heavy atom. The minimum Gasteiger partial charge on any atom is -0.481 e. The topological polar surface area (TPSA) is 102 Å². The molecular weight excluding hydrogens is 314 g/mol. The van der Waals surface area contributed by atoms with E-state index >= 15 is 0 Å². The van der Waals surface area contributed by atoms with Gasteiger partial charge in [0, 0.05) is 20.4 Å². The first kappa shape index (κ1) is 22.2. The molecule has 2 N–H and O–H groups in total. The van der Waals surface area contributed by atoms with Crippen molar-refractivity contribution in [3.63, 3.8) is 0 Å². The SMILES string of the molecule is CC(=O)O.CC(OC(=O)NCC1CCCCC1)OC(=O)C(C)(C)C. The summed E-state index contributed by atoms with van der Waals surface area (Å²) >= 11 is 0. The Morgan fingerprint density at radius 1 is 1.12 bits per heavy atom. The van der Waals surface area contributed by atoms with Crippen LogP contribution in [0.25, 0.3) is 0 Å². The van der Waals surface area contributed by atoms with Crippen LogP contribution in [0.2, 0.25) is 0 Å². The van der Waals surface area contributed by atoms with Crippen molar-refractivity contribution in [2.75, 3.05) is 6.54 Å². The summed E-state index contributed by atoms with van der Waals surface area (Å²) in [6.45, 7) is 8.53. The van der Waals surface area contributed by atoms with Crippen molar-refractivity contribution in [1.29, 1.82) is 0 Å². The van der Waals surface area contributed by atoms with Crippen molar-refractivity contribution in [2.45, 2.75) is 73.0 Å². The zero-order valence-electron chi connectivity index (χ0n) is 15.4. The van der Waals surface area contributed by atoms with Crippen LogP contribution in [0.3, 0.4) is 0 Å². The normalized spacial score (nSPS) is 16.2. The van der Waals surface area contributed by atoms with E-state index in [1.165, 1.54) is 19.3 Å². The van der Waals surface area contributed by atoms with E-state index in [9.17, 15) is 9.59 Å². The van der Waals surface area contributed by atoms with Crippen LogP contribution < -0.4 is 5.32 Å². The molecule has 0 aromatic carbocycles. The molecule has 0 aliphatic heterocycles. The lowest BCUT2D eigenvalue weighted by atomic mass is 9.89. The minimum absolute atomic E-state index is 0.384. The van der Waals surface area contributed by atoms with E-state index in [2.05, 4.69) is 5.32 Å². The number of carboxylic acid groups (broad SMARTS) is 1. The van der Waals surface area contributed by atoms with Crippen molar-refractivity contribution in [1.82, 2.24) is 5.32 Å². The Bertz CT molecular complexity index is 406. The molecule has 140 valence electrons. The summed E-state index contributed by atoms with van der Waals surface area (Å²) in [6, 6.07) is 0. The van der Waals surface area contributed by atoms with Crippen LogP contribution in [0, 0.1) is 11.3 Å². The van der Waals surface area contributed by atoms with E-state index in [4.69, 9.17) is 19.4 Å². The Hall–Kier alpha value is -1.79. The number of nitrogens with one attached hydrogen (secondary N) is 1. The molecular formula is C17H31NO6. The fourth-order valence-corrected chi connectivity index (χ4v) is 2.16. The van der Waals surface area contributed by atoms with Gasteiger partial charge in [-0.2, -0.15) is 0 Å². The Morgan fingerprint density at radius 3 is 2.08 bits per heavy atom. The number of alkyl carbamates (subject to hydrolysis) is 1. The first-order valence-electron chi connectivity index (χ1n) is 8.37. The van der Waals surface area contributed by atoms with Crippen molar-refractivity contribution in [2.24, 2.45) is 11.3 Å². The number of amides is 1. The number of carbonyl (C=O) groups is 3. The van der Waals surface area contributed by atoms with Gasteiger partial charge in [-0.1, -0.05) is 19.3 Å². The molecule has 0 saturated heterocycles. The average molecular weight is 345 g/mol. The number of rotatable bonds is 4. The summed E-state index contributed by atoms with van der Waals surface area (Å²) in [5.41, 5.74) is -0.601. The first-order valence-corrected chi connectivity index (χ1v) is 8.37. The molecule has 1 aliphatic carbocycles. The van der Waals surface area contributed by atoms with Crippen LogP contribution in [-0.2, 0) is 19.1 Å². The second-order valence-corrected chi connectivity index (χ2v) is 7.03. The van der Waals surface area contributed by atoms with E-state index in [0.29, 0.717) is 12.5 Å². The number of carboxylic acids is 1. The molecule has 1 unspecified atom stereocenters. The van der Waals surface area contributed by atoms with Gasteiger partial charge in [0.1, 0.15) is 0 Å². The number of aliphatic carboxylic acids is 1. The van der Waals surface area contributed by atoms with Gasteiger partial charge in [-0.15, -0.1) is 0 Å². The number of carbonyl (C=O) groups excluding carboxylic acids is 2. The van der Waals surface area contributed by atoms with Crippen LogP contribution in [0.15, 0.2) is 0 Å². The van der Waals surface area contributed by atoms with Crippen molar-refractivity contribution in [3.8, 4) is 0 Å². The highest BCUT2D eigenvalue weighted by atomic mass is 16.7. The molecule has 24 heavy (non-hydrogen) atoms. The Labute approximate surface area is 144 Å². The predicted octanol–water partition coefficient (Wildman–Crippen LogP) is 3.32. The number of ether oxygens (including phenoxy) is 2. The third kappa shape index (κ3) is 11.7. The van der Waals surface area contributed by atoms with Gasteiger partial charge in [0.15, 0.2) is 0 Å². The van der Waals surface area contributed by atoms with Crippen LogP contribution in [0.1, 0.15) is 66.7 Å². The van der Waals surface area contributed by atoms with E-state index in [-0.39, 0.29) is 5.97 Å². The van der Waals surface area contributed by atoms with Gasteiger partial charge < -0.3 is 19.9 Å². The predicted molar refractivity (Wildman–Crippen MR) is 89.4 cm³/mol. The lowest BCUT2D eigenvalue weighted by Gasteiger charge is -2.23. The second kappa shape index (κ2) is 10.9. The van der Waals surface area contributed by atoms with Crippen molar-refractivity contribution >= 4 is 18.0 Å². The molecule has 7 heteroatoms. The monoisotopic (exact) mass is 345 g/mol. The molecule has 1 aliphatic rings. The van der Waals surface area contributed by atoms with E-state index in [1.807, 2.05) is 0 Å². The van der Waals surface area contributed by atoms with Crippen molar-refractivity contribution in [3.05, 3.63) is 0 Å². The Balaban J connectivity index is 0.00000118. The molecule has 0 radical (unpaired) electrons. The standard InChI is InChI=1S/C15H27NO4.C2H4O2/c1-11(19-13(17)15(2,3)4)20-14(18)16-10-12-8-6-5-7-9-12;1-2(3)4/h11-12H,5-10H2,1-4H3,(H,16,18);1H3,(H,3,4). The highest BCUT2D eigenvalue weighted by Gasteiger charge is 2.26. The molecule has 1 rings (SSSR count). The van der Waals surface area contributed by atoms with Crippen LogP contribution in [0.4, 0.5) is 4.79 Å². The van der Waals surface area contributed by atoms with Gasteiger partial charge in [-0.25, -0.2) is 4.79 Å². The molecule has 1 saturated carbocycles. The summed E-state index contributed by atoms with van der Waals surface area (Å²) in [5, 5.41) is 10.2. The summed E-state index contributed by atoms with van der Waals surface area (Å²) in [6.07, 6.45) is 4.70. The van der Waals surface area contributed by atoms with Gasteiger partial charge in [-0.3, -0.25) is 9.59 Å². The van der Waals surface area contributed by atoms with E-state index in [1.54, 1.807) is 27.7 Å². The number of hydrogen-bond donors (Lipinski definition) is 2. The highest BCUT2D eigenvalue weighted by molar-refractivity contribution is 5.75. The second-order valence-electron chi connectivity index (χ2n) is 7.03. The minimum atomic E-state index is -0.868. The van der Waals surface area contributed by atoms with Gasteiger partial charge in [0.25, 0.3) is 5.97 Å². The van der Waals surface area contributed by atoms with Gasteiger partial charge in [0.05, 0.1) is 5.41 Å². The molecule has 7 nitrogen and oxygen atoms in total. The zero-order valence-corrected chi connectivity index (χ0v) is 15.4. The third-order valence-corrected chi connectivity index (χ3v) is 3.42. The van der Waals surface area contributed by atoms with Gasteiger partial charge in [-0.05, 0) is 39.5 Å². The van der Waals surface area contributed by atoms with Crippen LogP contribution in [0.5, 0.6) is 0 Å². The maximum Gasteiger partial charge on any atom is 0.410 e. The molecule has 0 heterocycles. The smallest absolute Gasteiger partial charge is 0.410 e. The highest BCUT2D eigenvalue weighted by Crippen LogP contribution is 2.22. The number of hydrogen-bond acceptors (Lipinski definition) is 5. The molecule has 0 aromatic rings. The molecule has 0 bridgehead atoms. The number of esters is 1. The molecule has 0 spiro atoms. The summed E-state index contributed by atoms with van der Waals surface area (Å²) in [5.74, 6) is -0.672. The van der Waals surface area contributed by atoms with Gasteiger partial charge >= 0.3 is 12.1 Å². The maximum atomic E-state index is 11.6. The van der Waals surface area contributed by atoms with E-state index < -0.39 is 23.8 Å².